The molecule has 0 fully saturated rings. The average Bonchev–Trinajstić information content (AvgIpc) is 2.57. The van der Waals surface area contributed by atoms with Gasteiger partial charge in [0.1, 0.15) is 0 Å². The molecule has 0 aromatic heterocycles. The van der Waals surface area contributed by atoms with Crippen molar-refractivity contribution in [3.05, 3.63) is 77.9 Å². The van der Waals surface area contributed by atoms with E-state index in [0.29, 0.717) is 0 Å². The number of likely N-dealkylation sites (N-methyl/N-ethyl adjacent to an activating group) is 1. The Morgan fingerprint density at radius 2 is 1.23 bits per heavy atom. The first-order valence-electron chi connectivity index (χ1n) is 7.83. The van der Waals surface area contributed by atoms with Crippen molar-refractivity contribution in [2.24, 2.45) is 0 Å². The Hall–Kier alpha value is -1.13. The second kappa shape index (κ2) is 9.11. The van der Waals surface area contributed by atoms with Gasteiger partial charge in [-0.3, -0.25) is 0 Å². The lowest BCUT2D eigenvalue weighted by Gasteiger charge is -2.31. The van der Waals surface area contributed by atoms with Crippen LogP contribution in [0.3, 0.4) is 0 Å². The van der Waals surface area contributed by atoms with Crippen LogP contribution in [0, 0.1) is 0 Å². The molecule has 0 amide bonds. The molecule has 0 unspecified atom stereocenters. The van der Waals surface area contributed by atoms with Gasteiger partial charge in [-0.2, -0.15) is 0 Å². The Labute approximate surface area is 152 Å². The summed E-state index contributed by atoms with van der Waals surface area (Å²) in [7, 11) is 2.32. The zero-order valence-electron chi connectivity index (χ0n) is 13.8. The van der Waals surface area contributed by atoms with Crippen LogP contribution in [0.15, 0.2) is 66.7 Å². The molecule has 0 bridgehead atoms. The molecule has 0 atom stereocenters. The lowest BCUT2D eigenvalue weighted by Crippen LogP contribution is -3.00. The summed E-state index contributed by atoms with van der Waals surface area (Å²) >= 11 is 0. The smallest absolute Gasteiger partial charge is 0.0980 e. The van der Waals surface area contributed by atoms with Crippen LogP contribution in [0.4, 0.5) is 0 Å². The van der Waals surface area contributed by atoms with Gasteiger partial charge in [0, 0.05) is 0 Å². The van der Waals surface area contributed by atoms with E-state index in [4.69, 9.17) is 0 Å². The molecule has 0 saturated heterocycles. The molecule has 2 aromatic rings. The third-order valence-electron chi connectivity index (χ3n) is 4.43. The maximum atomic E-state index is 2.40. The van der Waals surface area contributed by atoms with Crippen LogP contribution in [0.25, 0.3) is 5.57 Å². The molecule has 0 radical (unpaired) electrons. The van der Waals surface area contributed by atoms with Crippen LogP contribution in [0.5, 0.6) is 0 Å². The summed E-state index contributed by atoms with van der Waals surface area (Å²) in [5, 5.41) is 0. The van der Waals surface area contributed by atoms with Gasteiger partial charge in [-0.15, -0.1) is 0 Å². The second-order valence-corrected chi connectivity index (χ2v) is 5.78. The van der Waals surface area contributed by atoms with Crippen molar-refractivity contribution < 1.29 is 28.5 Å². The van der Waals surface area contributed by atoms with E-state index in [1.807, 2.05) is 0 Å². The van der Waals surface area contributed by atoms with Crippen molar-refractivity contribution in [3.8, 4) is 0 Å². The highest BCUT2D eigenvalue weighted by molar-refractivity contribution is 5.79. The lowest BCUT2D eigenvalue weighted by atomic mass is 9.97. The summed E-state index contributed by atoms with van der Waals surface area (Å²) in [6.07, 6.45) is 2.40. The highest BCUT2D eigenvalue weighted by Gasteiger charge is 2.15. The van der Waals surface area contributed by atoms with Gasteiger partial charge in [0.2, 0.25) is 0 Å². The van der Waals surface area contributed by atoms with Crippen LogP contribution in [0.1, 0.15) is 25.0 Å². The van der Waals surface area contributed by atoms with Gasteiger partial charge in [0.25, 0.3) is 0 Å². The van der Waals surface area contributed by atoms with E-state index in [0.717, 1.165) is 24.1 Å². The van der Waals surface area contributed by atoms with E-state index in [-0.39, 0.29) is 24.0 Å². The summed E-state index contributed by atoms with van der Waals surface area (Å²) in [5.74, 6) is 0. The number of benzene rings is 2. The van der Waals surface area contributed by atoms with E-state index >= 15 is 0 Å². The van der Waals surface area contributed by atoms with E-state index in [1.165, 1.54) is 16.7 Å². The lowest BCUT2D eigenvalue weighted by molar-refractivity contribution is -0.900. The number of quaternary nitrogens is 1. The Bertz CT molecular complexity index is 530. The molecule has 22 heavy (non-hydrogen) atoms. The van der Waals surface area contributed by atoms with E-state index in [9.17, 15) is 0 Å². The van der Waals surface area contributed by atoms with Crippen molar-refractivity contribution in [3.63, 3.8) is 0 Å². The zero-order chi connectivity index (χ0) is 15.1. The monoisotopic (exact) mass is 407 g/mol. The minimum absolute atomic E-state index is 0. The van der Waals surface area contributed by atoms with Crippen LogP contribution >= 0.6 is 0 Å². The predicted octanol–water partition coefficient (Wildman–Crippen LogP) is 1.61. The summed E-state index contributed by atoms with van der Waals surface area (Å²) in [6, 6.07) is 21.4. The number of halogens is 1. The molecule has 2 heteroatoms. The topological polar surface area (TPSA) is 0 Å². The third kappa shape index (κ3) is 4.96. The molecule has 0 N–H and O–H groups in total. The van der Waals surface area contributed by atoms with Crippen LogP contribution < -0.4 is 24.0 Å². The van der Waals surface area contributed by atoms with Crippen LogP contribution in [-0.2, 0) is 0 Å². The number of hydrogen-bond acceptors (Lipinski definition) is 0. The fourth-order valence-electron chi connectivity index (χ4n) is 2.43. The number of hydrogen-bond donors (Lipinski definition) is 0. The second-order valence-electron chi connectivity index (χ2n) is 5.78. The number of rotatable bonds is 6. The summed E-state index contributed by atoms with van der Waals surface area (Å²) in [5.41, 5.74) is 3.92. The summed E-state index contributed by atoms with van der Waals surface area (Å²) in [6.45, 7) is 7.91. The molecule has 2 aromatic carbocycles. The molecule has 2 rings (SSSR count). The summed E-state index contributed by atoms with van der Waals surface area (Å²) in [4.78, 5) is 0. The van der Waals surface area contributed by atoms with E-state index in [1.54, 1.807) is 0 Å². The Morgan fingerprint density at radius 1 is 0.818 bits per heavy atom. The first kappa shape index (κ1) is 18.9. The SMILES string of the molecule is CC[N+](C)(CC)CC=C(c1ccccc1)c1ccccc1.[I-]. The largest absolute Gasteiger partial charge is 1.00 e. The molecule has 1 nitrogen and oxygen atoms in total. The molecule has 0 aliphatic heterocycles. The van der Waals surface area contributed by atoms with Gasteiger partial charge in [-0.25, -0.2) is 0 Å². The van der Waals surface area contributed by atoms with Crippen molar-refractivity contribution in [1.29, 1.82) is 0 Å². The van der Waals surface area contributed by atoms with Gasteiger partial charge < -0.3 is 28.5 Å². The third-order valence-corrected chi connectivity index (χ3v) is 4.43. The molecular formula is C20H26IN. The van der Waals surface area contributed by atoms with Crippen LogP contribution in [-0.4, -0.2) is 31.2 Å². The van der Waals surface area contributed by atoms with Crippen molar-refractivity contribution in [1.82, 2.24) is 0 Å². The normalized spacial score (nSPS) is 10.7. The highest BCUT2D eigenvalue weighted by atomic mass is 127. The zero-order valence-corrected chi connectivity index (χ0v) is 16.0. The Kier molecular flexibility index (Phi) is 7.83. The standard InChI is InChI=1S/C20H26N.HI/c1-4-21(3,5-2)17-16-20(18-12-8-6-9-13-18)19-14-10-7-11-15-19;/h6-16H,4-5,17H2,1-3H3;1H/q+1;/p-1. The van der Waals surface area contributed by atoms with Crippen molar-refractivity contribution >= 4 is 5.57 Å². The fraction of sp³-hybridized carbons (Fsp3) is 0.300. The number of nitrogens with zero attached hydrogens (tertiary/aromatic N) is 1. The molecule has 118 valence electrons. The van der Waals surface area contributed by atoms with E-state index in [2.05, 4.69) is 87.6 Å². The first-order chi connectivity index (χ1) is 10.2. The Balaban J connectivity index is 0.00000242. The molecular weight excluding hydrogens is 381 g/mol. The highest BCUT2D eigenvalue weighted by Crippen LogP contribution is 2.23. The predicted molar refractivity (Wildman–Crippen MR) is 92.1 cm³/mol. The van der Waals surface area contributed by atoms with Gasteiger partial charge in [-0.05, 0) is 36.6 Å². The molecule has 0 aliphatic carbocycles. The van der Waals surface area contributed by atoms with Gasteiger partial charge in [0.15, 0.2) is 0 Å². The fourth-order valence-corrected chi connectivity index (χ4v) is 2.43. The molecule has 0 spiro atoms. The maximum Gasteiger partial charge on any atom is 0.0980 e. The molecule has 0 heterocycles. The molecule has 0 aliphatic rings. The van der Waals surface area contributed by atoms with Gasteiger partial charge in [-0.1, -0.05) is 60.7 Å². The summed E-state index contributed by atoms with van der Waals surface area (Å²) < 4.78 is 1.07. The van der Waals surface area contributed by atoms with Crippen LogP contribution in [0.2, 0.25) is 0 Å². The van der Waals surface area contributed by atoms with Gasteiger partial charge in [0.05, 0.1) is 26.7 Å². The average molecular weight is 407 g/mol. The maximum absolute atomic E-state index is 2.40. The first-order valence-corrected chi connectivity index (χ1v) is 7.83. The van der Waals surface area contributed by atoms with E-state index < -0.39 is 0 Å². The van der Waals surface area contributed by atoms with Gasteiger partial charge >= 0.3 is 0 Å². The molecule has 0 saturated carbocycles. The van der Waals surface area contributed by atoms with Crippen molar-refractivity contribution in [2.45, 2.75) is 13.8 Å². The Morgan fingerprint density at radius 3 is 1.59 bits per heavy atom. The van der Waals surface area contributed by atoms with Crippen molar-refractivity contribution in [2.75, 3.05) is 26.7 Å². The minimum atomic E-state index is 0. The quantitative estimate of drug-likeness (QED) is 0.504. The minimum Gasteiger partial charge on any atom is -1.00 e.